The maximum atomic E-state index is 12.1. The van der Waals surface area contributed by atoms with Crippen molar-refractivity contribution in [3.05, 3.63) is 42.0 Å². The number of rotatable bonds is 4. The van der Waals surface area contributed by atoms with Crippen LogP contribution in [0.15, 0.2) is 46.6 Å². The fraction of sp³-hybridized carbons (Fsp3) is 0.318. The topological polar surface area (TPSA) is 106 Å². The number of nitrogens with zero attached hydrogens (tertiary/aromatic N) is 2. The molecule has 156 valence electrons. The molecule has 0 radical (unpaired) electrons. The number of aromatic amines is 1. The van der Waals surface area contributed by atoms with Gasteiger partial charge in [-0.2, -0.15) is 0 Å². The van der Waals surface area contributed by atoms with Gasteiger partial charge in [-0.1, -0.05) is 32.9 Å². The lowest BCUT2D eigenvalue weighted by molar-refractivity contribution is -0.120. The van der Waals surface area contributed by atoms with E-state index < -0.39 is 5.91 Å². The number of aromatic nitrogens is 1. The summed E-state index contributed by atoms with van der Waals surface area (Å²) in [6.07, 6.45) is 0. The van der Waals surface area contributed by atoms with Gasteiger partial charge in [-0.05, 0) is 29.2 Å². The van der Waals surface area contributed by atoms with E-state index in [-0.39, 0.29) is 23.6 Å². The summed E-state index contributed by atoms with van der Waals surface area (Å²) in [6, 6.07) is 11.0. The van der Waals surface area contributed by atoms with Crippen LogP contribution in [0, 0.1) is 0 Å². The highest BCUT2D eigenvalue weighted by Gasteiger charge is 2.18. The van der Waals surface area contributed by atoms with Gasteiger partial charge in [0, 0.05) is 11.5 Å². The summed E-state index contributed by atoms with van der Waals surface area (Å²) in [6.45, 7) is 7.03. The van der Waals surface area contributed by atoms with E-state index in [0.29, 0.717) is 41.4 Å². The van der Waals surface area contributed by atoms with Crippen molar-refractivity contribution in [1.82, 2.24) is 4.98 Å². The van der Waals surface area contributed by atoms with E-state index >= 15 is 0 Å². The summed E-state index contributed by atoms with van der Waals surface area (Å²) in [5.74, 6) is 0.951. The van der Waals surface area contributed by atoms with Crippen molar-refractivity contribution in [2.45, 2.75) is 26.2 Å². The molecule has 3 aromatic rings. The van der Waals surface area contributed by atoms with E-state index in [1.807, 2.05) is 24.3 Å². The summed E-state index contributed by atoms with van der Waals surface area (Å²) in [4.78, 5) is 14.9. The van der Waals surface area contributed by atoms with Crippen LogP contribution < -0.4 is 14.2 Å². The minimum atomic E-state index is -0.568. The highest BCUT2D eigenvalue weighted by atomic mass is 16.6. The Bertz CT molecular complexity index is 1110. The molecule has 0 atom stereocenters. The molecule has 1 aliphatic rings. The molecule has 2 N–H and O–H groups in total. The molecular weight excluding hydrogens is 386 g/mol. The van der Waals surface area contributed by atoms with E-state index in [1.54, 1.807) is 12.1 Å². The van der Waals surface area contributed by atoms with Crippen molar-refractivity contribution in [3.8, 4) is 23.1 Å². The predicted molar refractivity (Wildman–Crippen MR) is 111 cm³/mol. The molecule has 0 aliphatic carbocycles. The lowest BCUT2D eigenvalue weighted by atomic mass is 9.87. The van der Waals surface area contributed by atoms with Gasteiger partial charge in [0.05, 0.1) is 5.52 Å². The average molecular weight is 409 g/mol. The van der Waals surface area contributed by atoms with Gasteiger partial charge < -0.3 is 24.3 Å². The molecule has 0 saturated carbocycles. The lowest BCUT2D eigenvalue weighted by Crippen LogP contribution is -2.15. The summed E-state index contributed by atoms with van der Waals surface area (Å²) in [5, 5.41) is 18.3. The first-order valence-electron chi connectivity index (χ1n) is 9.63. The van der Waals surface area contributed by atoms with Crippen LogP contribution in [0.3, 0.4) is 0 Å². The Hall–Kier alpha value is -3.55. The quantitative estimate of drug-likeness (QED) is 0.611. The van der Waals surface area contributed by atoms with Crippen LogP contribution in [-0.4, -0.2) is 35.8 Å². The third kappa shape index (κ3) is 4.07. The first-order valence-corrected chi connectivity index (χ1v) is 9.63. The van der Waals surface area contributed by atoms with Gasteiger partial charge in [0.2, 0.25) is 5.88 Å². The van der Waals surface area contributed by atoms with E-state index in [4.69, 9.17) is 14.2 Å². The second kappa shape index (κ2) is 7.70. The highest BCUT2D eigenvalue weighted by molar-refractivity contribution is 5.96. The molecule has 0 fully saturated rings. The molecule has 8 heteroatoms. The van der Waals surface area contributed by atoms with E-state index in [2.05, 4.69) is 36.0 Å². The van der Waals surface area contributed by atoms with Gasteiger partial charge >= 0.3 is 5.91 Å². The Morgan fingerprint density at radius 3 is 2.47 bits per heavy atom. The van der Waals surface area contributed by atoms with E-state index in [1.165, 1.54) is 5.56 Å². The van der Waals surface area contributed by atoms with E-state index in [9.17, 15) is 9.90 Å². The number of benzene rings is 2. The number of azo groups is 1. The molecule has 0 spiro atoms. The third-order valence-electron chi connectivity index (χ3n) is 4.76. The van der Waals surface area contributed by atoms with Gasteiger partial charge in [-0.25, -0.2) is 0 Å². The Kier molecular flexibility index (Phi) is 5.07. The summed E-state index contributed by atoms with van der Waals surface area (Å²) >= 11 is 0. The molecule has 4 rings (SSSR count). The summed E-state index contributed by atoms with van der Waals surface area (Å²) < 4.78 is 16.6. The van der Waals surface area contributed by atoms with Gasteiger partial charge in [0.25, 0.3) is 0 Å². The molecule has 0 saturated heterocycles. The zero-order chi connectivity index (χ0) is 21.3. The number of ether oxygens (including phenoxy) is 3. The van der Waals surface area contributed by atoms with Crippen molar-refractivity contribution in [3.63, 3.8) is 0 Å². The Labute approximate surface area is 173 Å². The zero-order valence-electron chi connectivity index (χ0n) is 17.1. The van der Waals surface area contributed by atoms with Crippen LogP contribution in [0.4, 0.5) is 5.69 Å². The molecule has 1 aromatic heterocycles. The maximum Gasteiger partial charge on any atom is 0.302 e. The van der Waals surface area contributed by atoms with Crippen molar-refractivity contribution >= 4 is 22.5 Å². The Morgan fingerprint density at radius 2 is 1.80 bits per heavy atom. The zero-order valence-corrected chi connectivity index (χ0v) is 17.1. The van der Waals surface area contributed by atoms with Gasteiger partial charge in [-0.15, -0.1) is 10.2 Å². The third-order valence-corrected chi connectivity index (χ3v) is 4.76. The number of amides is 1. The lowest BCUT2D eigenvalue weighted by Gasteiger charge is -2.19. The van der Waals surface area contributed by atoms with Crippen LogP contribution in [0.25, 0.3) is 10.9 Å². The fourth-order valence-electron chi connectivity index (χ4n) is 3.13. The largest absolute Gasteiger partial charge is 0.493 e. The van der Waals surface area contributed by atoms with Crippen LogP contribution in [0.5, 0.6) is 23.1 Å². The number of nitrogens with one attached hydrogen (secondary N) is 1. The second-order valence-electron chi connectivity index (χ2n) is 8.02. The molecule has 0 unspecified atom stereocenters. The molecule has 1 aliphatic heterocycles. The predicted octanol–water partition coefficient (Wildman–Crippen LogP) is 4.63. The standard InChI is InChI=1S/C22H23N3O5/c1-22(2,3)13-4-6-14(7-5-13)30-12-19(26)24-25-20-15-10-17-18(29-9-8-28-17)11-16(15)23-21(20)27/h4-7,10-11,23,27H,8-9,12H2,1-3H3. The van der Waals surface area contributed by atoms with Crippen molar-refractivity contribution < 1.29 is 24.1 Å². The minimum absolute atomic E-state index is 0.0420. The number of aromatic hydroxyl groups is 1. The molecule has 2 heterocycles. The minimum Gasteiger partial charge on any atom is -0.493 e. The molecule has 2 aromatic carbocycles. The maximum absolute atomic E-state index is 12.1. The second-order valence-corrected chi connectivity index (χ2v) is 8.02. The average Bonchev–Trinajstić information content (AvgIpc) is 3.02. The number of hydrogen-bond acceptors (Lipinski definition) is 6. The number of carbonyl (C=O) groups is 1. The van der Waals surface area contributed by atoms with Gasteiger partial charge in [0.1, 0.15) is 19.0 Å². The molecular formula is C22H23N3O5. The van der Waals surface area contributed by atoms with Crippen LogP contribution in [0.2, 0.25) is 0 Å². The number of carbonyl (C=O) groups excluding carboxylic acids is 1. The highest BCUT2D eigenvalue weighted by Crippen LogP contribution is 2.42. The SMILES string of the molecule is CC(C)(C)c1ccc(OCC(=O)N=Nc2c(O)[nH]c3cc4c(cc23)OCCO4)cc1. The molecule has 1 amide bonds. The van der Waals surface area contributed by atoms with Gasteiger partial charge in [0.15, 0.2) is 23.8 Å². The molecule has 8 nitrogen and oxygen atoms in total. The van der Waals surface area contributed by atoms with Crippen LogP contribution >= 0.6 is 0 Å². The summed E-state index contributed by atoms with van der Waals surface area (Å²) in [7, 11) is 0. The Balaban J connectivity index is 1.45. The number of hydrogen-bond donors (Lipinski definition) is 2. The van der Waals surface area contributed by atoms with Crippen LogP contribution in [0.1, 0.15) is 26.3 Å². The molecule has 0 bridgehead atoms. The first-order chi connectivity index (χ1) is 14.3. The Morgan fingerprint density at radius 1 is 1.13 bits per heavy atom. The monoisotopic (exact) mass is 409 g/mol. The smallest absolute Gasteiger partial charge is 0.302 e. The van der Waals surface area contributed by atoms with E-state index in [0.717, 1.165) is 0 Å². The normalized spacial score (nSPS) is 13.7. The fourth-order valence-corrected chi connectivity index (χ4v) is 3.13. The van der Waals surface area contributed by atoms with Crippen molar-refractivity contribution in [2.24, 2.45) is 10.2 Å². The van der Waals surface area contributed by atoms with Crippen LogP contribution in [-0.2, 0) is 10.2 Å². The number of fused-ring (bicyclic) bond motifs is 2. The van der Waals surface area contributed by atoms with Crippen molar-refractivity contribution in [1.29, 1.82) is 0 Å². The summed E-state index contributed by atoms with van der Waals surface area (Å²) in [5.41, 5.74) is 1.98. The first kappa shape index (κ1) is 19.8. The van der Waals surface area contributed by atoms with Gasteiger partial charge in [-0.3, -0.25) is 4.79 Å². The number of H-pyrrole nitrogens is 1. The molecule has 30 heavy (non-hydrogen) atoms. The van der Waals surface area contributed by atoms with Crippen molar-refractivity contribution in [2.75, 3.05) is 19.8 Å².